The Bertz CT molecular complexity index is 797. The summed E-state index contributed by atoms with van der Waals surface area (Å²) in [7, 11) is 1.70. The van der Waals surface area contributed by atoms with Gasteiger partial charge in [-0.1, -0.05) is 18.2 Å². The SMILES string of the molecule is COc1ccccc1CN(c1ccc2nnnn2n1)C1CC1. The number of anilines is 1. The summed E-state index contributed by atoms with van der Waals surface area (Å²) in [4.78, 5) is 2.29. The lowest BCUT2D eigenvalue weighted by atomic mass is 10.2. The third kappa shape index (κ3) is 2.34. The zero-order valence-corrected chi connectivity index (χ0v) is 12.3. The van der Waals surface area contributed by atoms with Crippen LogP contribution in [0.15, 0.2) is 36.4 Å². The number of hydrogen-bond acceptors (Lipinski definition) is 6. The second-order valence-corrected chi connectivity index (χ2v) is 5.39. The van der Waals surface area contributed by atoms with Crippen molar-refractivity contribution in [3.8, 4) is 5.75 Å². The fraction of sp³-hybridized carbons (Fsp3) is 0.333. The van der Waals surface area contributed by atoms with Crippen LogP contribution in [-0.2, 0) is 6.54 Å². The summed E-state index contributed by atoms with van der Waals surface area (Å²) in [6.07, 6.45) is 2.37. The summed E-state index contributed by atoms with van der Waals surface area (Å²) in [5, 5.41) is 15.9. The predicted octanol–water partition coefficient (Wildman–Crippen LogP) is 1.70. The zero-order valence-electron chi connectivity index (χ0n) is 12.3. The predicted molar refractivity (Wildman–Crippen MR) is 80.8 cm³/mol. The maximum absolute atomic E-state index is 5.46. The third-order valence-corrected chi connectivity index (χ3v) is 3.87. The molecule has 4 rings (SSSR count). The number of fused-ring (bicyclic) bond motifs is 1. The van der Waals surface area contributed by atoms with Crippen LogP contribution >= 0.6 is 0 Å². The van der Waals surface area contributed by atoms with Crippen molar-refractivity contribution in [2.24, 2.45) is 0 Å². The number of aromatic nitrogens is 5. The molecule has 0 spiro atoms. The van der Waals surface area contributed by atoms with E-state index >= 15 is 0 Å². The van der Waals surface area contributed by atoms with Gasteiger partial charge in [0.05, 0.1) is 7.11 Å². The first-order valence-corrected chi connectivity index (χ1v) is 7.29. The molecule has 0 atom stereocenters. The molecule has 22 heavy (non-hydrogen) atoms. The Kier molecular flexibility index (Phi) is 3.10. The molecule has 2 aromatic heterocycles. The van der Waals surface area contributed by atoms with Crippen LogP contribution in [-0.4, -0.2) is 38.4 Å². The highest BCUT2D eigenvalue weighted by molar-refractivity contribution is 5.48. The van der Waals surface area contributed by atoms with Crippen LogP contribution in [0.2, 0.25) is 0 Å². The molecule has 0 aliphatic heterocycles. The second kappa shape index (κ2) is 5.25. The molecule has 0 bridgehead atoms. The molecule has 1 aromatic carbocycles. The summed E-state index contributed by atoms with van der Waals surface area (Å²) < 4.78 is 6.92. The van der Waals surface area contributed by atoms with Gasteiger partial charge in [0.15, 0.2) is 11.5 Å². The van der Waals surface area contributed by atoms with Gasteiger partial charge in [-0.25, -0.2) is 0 Å². The number of hydrogen-bond donors (Lipinski definition) is 0. The lowest BCUT2D eigenvalue weighted by molar-refractivity contribution is 0.409. The summed E-state index contributed by atoms with van der Waals surface area (Å²) in [5.41, 5.74) is 1.80. The van der Waals surface area contributed by atoms with E-state index in [1.54, 1.807) is 7.11 Å². The van der Waals surface area contributed by atoms with Crippen molar-refractivity contribution in [2.75, 3.05) is 12.0 Å². The molecule has 112 valence electrons. The van der Waals surface area contributed by atoms with E-state index in [0.717, 1.165) is 23.7 Å². The first-order chi connectivity index (χ1) is 10.8. The van der Waals surface area contributed by atoms with Crippen LogP contribution in [0.3, 0.4) is 0 Å². The molecule has 2 heterocycles. The number of rotatable bonds is 5. The molecule has 1 aliphatic rings. The summed E-state index contributed by atoms with van der Waals surface area (Å²) >= 11 is 0. The minimum atomic E-state index is 0.520. The monoisotopic (exact) mass is 296 g/mol. The van der Waals surface area contributed by atoms with Crippen LogP contribution in [0.25, 0.3) is 5.65 Å². The summed E-state index contributed by atoms with van der Waals surface area (Å²) in [6.45, 7) is 0.759. The van der Waals surface area contributed by atoms with E-state index in [2.05, 4.69) is 31.6 Å². The summed E-state index contributed by atoms with van der Waals surface area (Å²) in [5.74, 6) is 1.78. The Morgan fingerprint density at radius 2 is 2.09 bits per heavy atom. The molecular formula is C15H16N6O. The van der Waals surface area contributed by atoms with E-state index in [4.69, 9.17) is 4.74 Å². The van der Waals surface area contributed by atoms with Gasteiger partial charge in [0, 0.05) is 18.2 Å². The van der Waals surface area contributed by atoms with Gasteiger partial charge in [-0.3, -0.25) is 0 Å². The van der Waals surface area contributed by atoms with Crippen molar-refractivity contribution in [1.29, 1.82) is 0 Å². The molecule has 3 aromatic rings. The Morgan fingerprint density at radius 1 is 1.23 bits per heavy atom. The average Bonchev–Trinajstić information content (AvgIpc) is 3.29. The van der Waals surface area contributed by atoms with Gasteiger partial charge >= 0.3 is 0 Å². The van der Waals surface area contributed by atoms with Gasteiger partial charge in [-0.2, -0.15) is 0 Å². The van der Waals surface area contributed by atoms with E-state index in [1.165, 1.54) is 17.5 Å². The molecule has 7 heteroatoms. The molecule has 0 radical (unpaired) electrons. The van der Waals surface area contributed by atoms with Crippen LogP contribution in [0, 0.1) is 0 Å². The topological polar surface area (TPSA) is 68.4 Å². The van der Waals surface area contributed by atoms with Gasteiger partial charge < -0.3 is 9.64 Å². The Balaban J connectivity index is 1.68. The van der Waals surface area contributed by atoms with Crippen molar-refractivity contribution in [3.63, 3.8) is 0 Å². The van der Waals surface area contributed by atoms with E-state index in [0.29, 0.717) is 11.7 Å². The van der Waals surface area contributed by atoms with E-state index < -0.39 is 0 Å². The number of tetrazole rings is 1. The van der Waals surface area contributed by atoms with Crippen LogP contribution in [0.1, 0.15) is 18.4 Å². The molecule has 1 saturated carbocycles. The first kappa shape index (κ1) is 13.0. The molecule has 7 nitrogen and oxygen atoms in total. The number of nitrogens with zero attached hydrogens (tertiary/aromatic N) is 6. The lowest BCUT2D eigenvalue weighted by Crippen LogP contribution is -2.27. The number of benzene rings is 1. The highest BCUT2D eigenvalue weighted by Gasteiger charge is 2.31. The molecule has 0 N–H and O–H groups in total. The van der Waals surface area contributed by atoms with Gasteiger partial charge in [-0.15, -0.1) is 14.8 Å². The van der Waals surface area contributed by atoms with Crippen LogP contribution < -0.4 is 9.64 Å². The number of para-hydroxylation sites is 1. The van der Waals surface area contributed by atoms with Gasteiger partial charge in [0.1, 0.15) is 5.75 Å². The van der Waals surface area contributed by atoms with Gasteiger partial charge in [0.2, 0.25) is 0 Å². The van der Waals surface area contributed by atoms with E-state index in [9.17, 15) is 0 Å². The maximum atomic E-state index is 5.46. The maximum Gasteiger partial charge on any atom is 0.200 e. The Labute approximate surface area is 127 Å². The minimum absolute atomic E-state index is 0.520. The van der Waals surface area contributed by atoms with Crippen molar-refractivity contribution in [1.82, 2.24) is 25.3 Å². The van der Waals surface area contributed by atoms with E-state index in [-0.39, 0.29) is 0 Å². The van der Waals surface area contributed by atoms with Crippen LogP contribution in [0.4, 0.5) is 5.82 Å². The van der Waals surface area contributed by atoms with Crippen molar-refractivity contribution in [2.45, 2.75) is 25.4 Å². The van der Waals surface area contributed by atoms with Crippen molar-refractivity contribution in [3.05, 3.63) is 42.0 Å². The minimum Gasteiger partial charge on any atom is -0.496 e. The number of methoxy groups -OCH3 is 1. The van der Waals surface area contributed by atoms with Gasteiger partial charge in [-0.05, 0) is 41.5 Å². The zero-order chi connectivity index (χ0) is 14.9. The second-order valence-electron chi connectivity index (χ2n) is 5.39. The van der Waals surface area contributed by atoms with Crippen molar-refractivity contribution < 1.29 is 4.74 Å². The fourth-order valence-corrected chi connectivity index (χ4v) is 2.59. The molecule has 0 unspecified atom stereocenters. The quantitative estimate of drug-likeness (QED) is 0.714. The molecule has 1 aliphatic carbocycles. The number of ether oxygens (including phenoxy) is 1. The molecule has 0 amide bonds. The normalized spacial score (nSPS) is 14.2. The molecule has 0 saturated heterocycles. The van der Waals surface area contributed by atoms with Gasteiger partial charge in [0.25, 0.3) is 0 Å². The third-order valence-electron chi connectivity index (χ3n) is 3.87. The standard InChI is InChI=1S/C15H16N6O/c1-22-13-5-3-2-4-11(13)10-20(12-6-7-12)15-9-8-14-16-18-19-21(14)17-15/h2-5,8-9,12H,6-7,10H2,1H3. The first-order valence-electron chi connectivity index (χ1n) is 7.29. The Morgan fingerprint density at radius 3 is 2.91 bits per heavy atom. The molecular weight excluding hydrogens is 280 g/mol. The fourth-order valence-electron chi connectivity index (χ4n) is 2.59. The lowest BCUT2D eigenvalue weighted by Gasteiger charge is -2.24. The smallest absolute Gasteiger partial charge is 0.200 e. The average molecular weight is 296 g/mol. The van der Waals surface area contributed by atoms with E-state index in [1.807, 2.05) is 30.3 Å². The molecule has 1 fully saturated rings. The highest BCUT2D eigenvalue weighted by atomic mass is 16.5. The van der Waals surface area contributed by atoms with Crippen LogP contribution in [0.5, 0.6) is 5.75 Å². The highest BCUT2D eigenvalue weighted by Crippen LogP contribution is 2.33. The largest absolute Gasteiger partial charge is 0.496 e. The summed E-state index contributed by atoms with van der Waals surface area (Å²) in [6, 6.07) is 12.5. The van der Waals surface area contributed by atoms with Crippen molar-refractivity contribution >= 4 is 11.5 Å². The Hall–Kier alpha value is -2.70.